The van der Waals surface area contributed by atoms with Crippen LogP contribution in [0.4, 0.5) is 0 Å². The first-order valence-corrected chi connectivity index (χ1v) is 7.86. The highest BCUT2D eigenvalue weighted by atomic mass is 15.0. The molecule has 1 saturated carbocycles. The average molecular weight is 263 g/mol. The largest absolute Gasteiger partial charge is 0.338 e. The van der Waals surface area contributed by atoms with Gasteiger partial charge in [-0.25, -0.2) is 4.98 Å². The summed E-state index contributed by atoms with van der Waals surface area (Å²) in [6.45, 7) is 5.65. The summed E-state index contributed by atoms with van der Waals surface area (Å²) >= 11 is 0. The van der Waals surface area contributed by atoms with Crippen LogP contribution in [0, 0.1) is 11.8 Å². The zero-order valence-electron chi connectivity index (χ0n) is 12.7. The number of aryl methyl sites for hydroxylation is 2. The Hall–Kier alpha value is -0.830. The van der Waals surface area contributed by atoms with Gasteiger partial charge in [0.15, 0.2) is 0 Å². The van der Waals surface area contributed by atoms with Crippen molar-refractivity contribution in [3.8, 4) is 0 Å². The van der Waals surface area contributed by atoms with Crippen molar-refractivity contribution in [2.24, 2.45) is 18.9 Å². The second-order valence-corrected chi connectivity index (χ2v) is 6.36. The maximum absolute atomic E-state index is 4.45. The van der Waals surface area contributed by atoms with Crippen LogP contribution >= 0.6 is 0 Å². The van der Waals surface area contributed by atoms with Crippen molar-refractivity contribution in [2.45, 2.75) is 58.4 Å². The van der Waals surface area contributed by atoms with Gasteiger partial charge in [-0.15, -0.1) is 0 Å². The van der Waals surface area contributed by atoms with Crippen molar-refractivity contribution < 1.29 is 0 Å². The second kappa shape index (κ2) is 7.09. The van der Waals surface area contributed by atoms with Crippen molar-refractivity contribution in [1.29, 1.82) is 0 Å². The van der Waals surface area contributed by atoms with E-state index in [1.165, 1.54) is 44.5 Å². The highest BCUT2D eigenvalue weighted by Gasteiger charge is 2.25. The lowest BCUT2D eigenvalue weighted by Crippen LogP contribution is -2.32. The molecule has 1 aromatic heterocycles. The summed E-state index contributed by atoms with van der Waals surface area (Å²) < 4.78 is 2.15. The number of aromatic nitrogens is 2. The molecule has 1 atom stereocenters. The smallest absolute Gasteiger partial charge is 0.108 e. The highest BCUT2D eigenvalue weighted by Crippen LogP contribution is 2.33. The van der Waals surface area contributed by atoms with E-state index in [0.29, 0.717) is 6.04 Å². The Labute approximate surface area is 117 Å². The first kappa shape index (κ1) is 14.6. The van der Waals surface area contributed by atoms with Crippen LogP contribution in [0.25, 0.3) is 0 Å². The zero-order chi connectivity index (χ0) is 13.7. The molecule has 0 aromatic carbocycles. The fraction of sp³-hybridized carbons (Fsp3) is 0.812. The molecular formula is C16H29N3. The van der Waals surface area contributed by atoms with Gasteiger partial charge in [0.2, 0.25) is 0 Å². The third kappa shape index (κ3) is 4.34. The molecule has 0 saturated heterocycles. The van der Waals surface area contributed by atoms with Crippen LogP contribution < -0.4 is 5.32 Å². The van der Waals surface area contributed by atoms with Gasteiger partial charge in [0.05, 0.1) is 0 Å². The maximum Gasteiger partial charge on any atom is 0.108 e. The van der Waals surface area contributed by atoms with Gasteiger partial charge in [-0.3, -0.25) is 0 Å². The summed E-state index contributed by atoms with van der Waals surface area (Å²) in [6, 6.07) is 0.595. The van der Waals surface area contributed by atoms with Crippen molar-refractivity contribution in [3.63, 3.8) is 0 Å². The van der Waals surface area contributed by atoms with E-state index in [2.05, 4.69) is 35.8 Å². The monoisotopic (exact) mass is 263 g/mol. The molecule has 0 amide bonds. The van der Waals surface area contributed by atoms with Gasteiger partial charge in [0.25, 0.3) is 0 Å². The molecule has 1 unspecified atom stereocenters. The summed E-state index contributed by atoms with van der Waals surface area (Å²) in [6.07, 6.45) is 12.1. The lowest BCUT2D eigenvalue weighted by atomic mass is 9.86. The molecule has 0 radical (unpaired) electrons. The standard InChI is InChI=1S/C16H29N3/c1-13(2)18-12-15(14-6-4-5-7-14)8-9-16-17-10-11-19(16)3/h10-11,13-15,18H,4-9,12H2,1-3H3. The van der Waals surface area contributed by atoms with Gasteiger partial charge in [0.1, 0.15) is 5.82 Å². The van der Waals surface area contributed by atoms with E-state index in [-0.39, 0.29) is 0 Å². The van der Waals surface area contributed by atoms with Crippen molar-refractivity contribution in [1.82, 2.24) is 14.9 Å². The van der Waals surface area contributed by atoms with Crippen LogP contribution in [-0.4, -0.2) is 22.1 Å². The molecule has 2 rings (SSSR count). The summed E-state index contributed by atoms with van der Waals surface area (Å²) in [4.78, 5) is 4.45. The summed E-state index contributed by atoms with van der Waals surface area (Å²) in [7, 11) is 2.10. The molecular weight excluding hydrogens is 234 g/mol. The molecule has 3 nitrogen and oxygen atoms in total. The van der Waals surface area contributed by atoms with Crippen molar-refractivity contribution in [2.75, 3.05) is 6.54 Å². The number of nitrogens with zero attached hydrogens (tertiary/aromatic N) is 2. The molecule has 0 bridgehead atoms. The molecule has 1 N–H and O–H groups in total. The Balaban J connectivity index is 1.87. The lowest BCUT2D eigenvalue weighted by molar-refractivity contribution is 0.295. The predicted molar refractivity (Wildman–Crippen MR) is 80.1 cm³/mol. The number of imidazole rings is 1. The molecule has 0 spiro atoms. The summed E-state index contributed by atoms with van der Waals surface area (Å²) in [5.74, 6) is 2.99. The van der Waals surface area contributed by atoms with Crippen LogP contribution in [0.5, 0.6) is 0 Å². The SMILES string of the molecule is CC(C)NCC(CCc1nccn1C)C1CCCC1. The van der Waals surface area contributed by atoms with E-state index in [9.17, 15) is 0 Å². The Morgan fingerprint density at radius 2 is 2.11 bits per heavy atom. The number of nitrogens with one attached hydrogen (secondary N) is 1. The van der Waals surface area contributed by atoms with Gasteiger partial charge in [-0.1, -0.05) is 39.5 Å². The number of hydrogen-bond acceptors (Lipinski definition) is 2. The highest BCUT2D eigenvalue weighted by molar-refractivity contribution is 4.92. The molecule has 108 valence electrons. The first-order chi connectivity index (χ1) is 9.16. The van der Waals surface area contributed by atoms with E-state index in [4.69, 9.17) is 0 Å². The van der Waals surface area contributed by atoms with Gasteiger partial charge in [-0.2, -0.15) is 0 Å². The topological polar surface area (TPSA) is 29.9 Å². The minimum absolute atomic E-state index is 0.595. The second-order valence-electron chi connectivity index (χ2n) is 6.36. The fourth-order valence-corrected chi connectivity index (χ4v) is 3.27. The average Bonchev–Trinajstić information content (AvgIpc) is 3.01. The minimum Gasteiger partial charge on any atom is -0.338 e. The van der Waals surface area contributed by atoms with E-state index in [1.807, 2.05) is 12.4 Å². The van der Waals surface area contributed by atoms with Crippen LogP contribution in [0.3, 0.4) is 0 Å². The molecule has 1 aliphatic carbocycles. The summed E-state index contributed by atoms with van der Waals surface area (Å²) in [5.41, 5.74) is 0. The predicted octanol–water partition coefficient (Wildman–Crippen LogP) is 3.16. The van der Waals surface area contributed by atoms with E-state index >= 15 is 0 Å². The zero-order valence-corrected chi connectivity index (χ0v) is 12.7. The first-order valence-electron chi connectivity index (χ1n) is 7.86. The summed E-state index contributed by atoms with van der Waals surface area (Å²) in [5, 5.41) is 3.64. The Morgan fingerprint density at radius 3 is 2.68 bits per heavy atom. The van der Waals surface area contributed by atoms with Gasteiger partial charge in [0, 0.05) is 31.9 Å². The lowest BCUT2D eigenvalue weighted by Gasteiger charge is -2.25. The number of rotatable bonds is 7. The van der Waals surface area contributed by atoms with E-state index < -0.39 is 0 Å². The maximum atomic E-state index is 4.45. The van der Waals surface area contributed by atoms with Crippen LogP contribution in [0.1, 0.15) is 51.8 Å². The Bertz CT molecular complexity index is 364. The number of hydrogen-bond donors (Lipinski definition) is 1. The van der Waals surface area contributed by atoms with Gasteiger partial charge < -0.3 is 9.88 Å². The molecule has 0 aliphatic heterocycles. The Kier molecular flexibility index (Phi) is 5.44. The van der Waals surface area contributed by atoms with Gasteiger partial charge >= 0.3 is 0 Å². The van der Waals surface area contributed by atoms with Crippen LogP contribution in [0.15, 0.2) is 12.4 Å². The quantitative estimate of drug-likeness (QED) is 0.819. The van der Waals surface area contributed by atoms with Crippen LogP contribution in [-0.2, 0) is 13.5 Å². The van der Waals surface area contributed by atoms with Crippen LogP contribution in [0.2, 0.25) is 0 Å². The van der Waals surface area contributed by atoms with E-state index in [1.54, 1.807) is 0 Å². The Morgan fingerprint density at radius 1 is 1.37 bits per heavy atom. The minimum atomic E-state index is 0.595. The van der Waals surface area contributed by atoms with E-state index in [0.717, 1.165) is 18.3 Å². The normalized spacial score (nSPS) is 18.3. The molecule has 1 aliphatic rings. The third-order valence-corrected chi connectivity index (χ3v) is 4.51. The van der Waals surface area contributed by atoms with Gasteiger partial charge in [-0.05, 0) is 24.8 Å². The van der Waals surface area contributed by atoms with Crippen molar-refractivity contribution in [3.05, 3.63) is 18.2 Å². The molecule has 1 heterocycles. The molecule has 3 heteroatoms. The third-order valence-electron chi connectivity index (χ3n) is 4.51. The molecule has 19 heavy (non-hydrogen) atoms. The molecule has 1 fully saturated rings. The van der Waals surface area contributed by atoms with Crippen molar-refractivity contribution >= 4 is 0 Å². The molecule has 1 aromatic rings. The fourth-order valence-electron chi connectivity index (χ4n) is 3.27.